The quantitative estimate of drug-likeness (QED) is 0.675. The number of hydrogen-bond donors (Lipinski definition) is 2. The first-order valence-corrected chi connectivity index (χ1v) is 7.46. The number of alkyl halides is 3. The van der Waals surface area contributed by atoms with Crippen molar-refractivity contribution in [3.05, 3.63) is 71.9 Å². The van der Waals surface area contributed by atoms with Crippen molar-refractivity contribution in [3.63, 3.8) is 0 Å². The van der Waals surface area contributed by atoms with Gasteiger partial charge in [0.1, 0.15) is 0 Å². The van der Waals surface area contributed by atoms with Gasteiger partial charge in [-0.25, -0.2) is 0 Å². The predicted molar refractivity (Wildman–Crippen MR) is 87.4 cm³/mol. The van der Waals surface area contributed by atoms with Crippen LogP contribution in [0.2, 0.25) is 0 Å². The van der Waals surface area contributed by atoms with E-state index in [1.54, 1.807) is 6.07 Å². The summed E-state index contributed by atoms with van der Waals surface area (Å²) in [6, 6.07) is 15.6. The van der Waals surface area contributed by atoms with Crippen LogP contribution in [0, 0.1) is 6.92 Å². The summed E-state index contributed by atoms with van der Waals surface area (Å²) >= 11 is 0. The molecule has 0 aliphatic rings. The summed E-state index contributed by atoms with van der Waals surface area (Å²) in [5.41, 5.74) is 4.15. The molecule has 1 unspecified atom stereocenters. The molecule has 0 spiro atoms. The van der Waals surface area contributed by atoms with Gasteiger partial charge >= 0.3 is 6.18 Å². The second kappa shape index (κ2) is 6.17. The molecule has 0 amide bonds. The smallest absolute Gasteiger partial charge is 0.379 e. The van der Waals surface area contributed by atoms with Gasteiger partial charge in [-0.3, -0.25) is 0 Å². The molecular weight excluding hydrogens is 315 g/mol. The van der Waals surface area contributed by atoms with Crippen molar-refractivity contribution in [2.75, 3.05) is 0 Å². The van der Waals surface area contributed by atoms with Gasteiger partial charge in [-0.05, 0) is 35.2 Å². The number of aliphatic hydroxyl groups excluding tert-OH is 1. The first-order chi connectivity index (χ1) is 11.4. The molecule has 0 saturated heterocycles. The molecule has 2 N–H and O–H groups in total. The molecule has 124 valence electrons. The van der Waals surface area contributed by atoms with Crippen LogP contribution in [0.4, 0.5) is 13.2 Å². The molecule has 1 atom stereocenters. The number of hydrogen-bond acceptors (Lipinski definition) is 1. The number of rotatable bonds is 3. The Morgan fingerprint density at radius 2 is 1.62 bits per heavy atom. The second-order valence-electron chi connectivity index (χ2n) is 5.64. The summed E-state index contributed by atoms with van der Waals surface area (Å²) < 4.78 is 38.1. The first kappa shape index (κ1) is 16.3. The number of benzene rings is 2. The molecule has 0 aliphatic heterocycles. The minimum atomic E-state index is -4.68. The molecule has 0 bridgehead atoms. The molecule has 5 heteroatoms. The highest BCUT2D eigenvalue weighted by atomic mass is 19.4. The molecule has 1 aromatic heterocycles. The lowest BCUT2D eigenvalue weighted by Gasteiger charge is -2.15. The van der Waals surface area contributed by atoms with Crippen LogP contribution in [0.15, 0.2) is 60.8 Å². The molecule has 3 rings (SSSR count). The van der Waals surface area contributed by atoms with Crippen molar-refractivity contribution >= 4 is 0 Å². The zero-order valence-electron chi connectivity index (χ0n) is 12.9. The second-order valence-corrected chi connectivity index (χ2v) is 5.64. The molecule has 24 heavy (non-hydrogen) atoms. The average molecular weight is 331 g/mol. The zero-order valence-corrected chi connectivity index (χ0v) is 12.9. The summed E-state index contributed by atoms with van der Waals surface area (Å²) in [5, 5.41) is 9.45. The van der Waals surface area contributed by atoms with E-state index < -0.39 is 12.3 Å². The summed E-state index contributed by atoms with van der Waals surface area (Å²) in [5.74, 6) is 0. The van der Waals surface area contributed by atoms with Gasteiger partial charge in [0, 0.05) is 17.5 Å². The summed E-state index contributed by atoms with van der Waals surface area (Å²) in [7, 11) is 0. The molecule has 2 aromatic carbocycles. The van der Waals surface area contributed by atoms with E-state index in [4.69, 9.17) is 0 Å². The SMILES string of the molecule is Cc1c(-c2ccccc2)c[nH]c1-c1cccc(C(O)C(F)(F)F)c1. The topological polar surface area (TPSA) is 36.0 Å². The summed E-state index contributed by atoms with van der Waals surface area (Å²) in [6.07, 6.45) is -5.33. The van der Waals surface area contributed by atoms with Crippen molar-refractivity contribution in [3.8, 4) is 22.4 Å². The third-order valence-electron chi connectivity index (χ3n) is 4.03. The van der Waals surface area contributed by atoms with E-state index in [1.807, 2.05) is 43.5 Å². The molecule has 3 aromatic rings. The molecule has 0 radical (unpaired) electrons. The maximum atomic E-state index is 12.7. The largest absolute Gasteiger partial charge is 0.418 e. The highest BCUT2D eigenvalue weighted by Gasteiger charge is 2.39. The van der Waals surface area contributed by atoms with E-state index in [0.29, 0.717) is 5.56 Å². The van der Waals surface area contributed by atoms with E-state index in [9.17, 15) is 18.3 Å². The monoisotopic (exact) mass is 331 g/mol. The van der Waals surface area contributed by atoms with Crippen molar-refractivity contribution in [1.29, 1.82) is 0 Å². The Kier molecular flexibility index (Phi) is 4.20. The number of halogens is 3. The number of H-pyrrole nitrogens is 1. The van der Waals surface area contributed by atoms with Crippen LogP contribution in [-0.2, 0) is 0 Å². The van der Waals surface area contributed by atoms with Gasteiger partial charge in [-0.2, -0.15) is 13.2 Å². The van der Waals surface area contributed by atoms with Gasteiger partial charge in [0.2, 0.25) is 0 Å². The van der Waals surface area contributed by atoms with E-state index in [0.717, 1.165) is 22.4 Å². The maximum Gasteiger partial charge on any atom is 0.418 e. The van der Waals surface area contributed by atoms with Gasteiger partial charge in [0.05, 0.1) is 0 Å². The highest BCUT2D eigenvalue weighted by molar-refractivity contribution is 5.76. The van der Waals surface area contributed by atoms with Gasteiger partial charge in [-0.15, -0.1) is 0 Å². The average Bonchev–Trinajstić information content (AvgIpc) is 2.96. The van der Waals surface area contributed by atoms with Crippen LogP contribution in [0.5, 0.6) is 0 Å². The Labute approximate surface area is 137 Å². The van der Waals surface area contributed by atoms with Crippen LogP contribution < -0.4 is 0 Å². The van der Waals surface area contributed by atoms with Gasteiger partial charge in [0.15, 0.2) is 6.10 Å². The van der Waals surface area contributed by atoms with E-state index >= 15 is 0 Å². The summed E-state index contributed by atoms with van der Waals surface area (Å²) in [6.45, 7) is 1.92. The van der Waals surface area contributed by atoms with Crippen LogP contribution in [0.1, 0.15) is 17.2 Å². The molecule has 1 heterocycles. The Morgan fingerprint density at radius 3 is 2.29 bits per heavy atom. The Hall–Kier alpha value is -2.53. The lowest BCUT2D eigenvalue weighted by Crippen LogP contribution is -2.20. The molecule has 0 fully saturated rings. The third kappa shape index (κ3) is 3.08. The van der Waals surface area contributed by atoms with E-state index in [-0.39, 0.29) is 5.56 Å². The molecule has 2 nitrogen and oxygen atoms in total. The van der Waals surface area contributed by atoms with Gasteiger partial charge < -0.3 is 10.1 Å². The van der Waals surface area contributed by atoms with Gasteiger partial charge in [-0.1, -0.05) is 48.5 Å². The lowest BCUT2D eigenvalue weighted by atomic mass is 9.99. The van der Waals surface area contributed by atoms with Crippen LogP contribution in [0.25, 0.3) is 22.4 Å². The minimum absolute atomic E-state index is 0.171. The number of aromatic nitrogens is 1. The number of aromatic amines is 1. The minimum Gasteiger partial charge on any atom is -0.379 e. The zero-order chi connectivity index (χ0) is 17.3. The predicted octanol–water partition coefficient (Wildman–Crippen LogP) is 5.25. The Morgan fingerprint density at radius 1 is 0.958 bits per heavy atom. The number of aliphatic hydroxyl groups is 1. The number of nitrogens with one attached hydrogen (secondary N) is 1. The van der Waals surface area contributed by atoms with E-state index in [1.165, 1.54) is 18.2 Å². The fourth-order valence-corrected chi connectivity index (χ4v) is 2.77. The molecular formula is C19H16F3NO. The van der Waals surface area contributed by atoms with Gasteiger partial charge in [0.25, 0.3) is 0 Å². The highest BCUT2D eigenvalue weighted by Crippen LogP contribution is 2.36. The van der Waals surface area contributed by atoms with Crippen LogP contribution >= 0.6 is 0 Å². The molecule has 0 saturated carbocycles. The van der Waals surface area contributed by atoms with Crippen molar-refractivity contribution in [2.45, 2.75) is 19.2 Å². The lowest BCUT2D eigenvalue weighted by molar-refractivity contribution is -0.206. The molecule has 0 aliphatic carbocycles. The Bertz CT molecular complexity index is 837. The normalized spacial score (nSPS) is 13.0. The Balaban J connectivity index is 2.01. The van der Waals surface area contributed by atoms with Crippen molar-refractivity contribution < 1.29 is 18.3 Å². The fraction of sp³-hybridized carbons (Fsp3) is 0.158. The maximum absolute atomic E-state index is 12.7. The summed E-state index contributed by atoms with van der Waals surface area (Å²) in [4.78, 5) is 3.13. The third-order valence-corrected chi connectivity index (χ3v) is 4.03. The standard InChI is InChI=1S/C19H16F3NO/c1-12-16(13-6-3-2-4-7-13)11-23-17(12)14-8-5-9-15(10-14)18(24)19(20,21)22/h2-11,18,23-24H,1H3. The van der Waals surface area contributed by atoms with Crippen molar-refractivity contribution in [1.82, 2.24) is 4.98 Å². The van der Waals surface area contributed by atoms with Crippen LogP contribution in [-0.4, -0.2) is 16.3 Å². The van der Waals surface area contributed by atoms with Crippen LogP contribution in [0.3, 0.4) is 0 Å². The van der Waals surface area contributed by atoms with E-state index in [2.05, 4.69) is 4.98 Å². The first-order valence-electron chi connectivity index (χ1n) is 7.46. The fourth-order valence-electron chi connectivity index (χ4n) is 2.77. The van der Waals surface area contributed by atoms with Crippen molar-refractivity contribution in [2.24, 2.45) is 0 Å².